The first-order valence-electron chi connectivity index (χ1n) is 10.6. The van der Waals surface area contributed by atoms with E-state index in [1.807, 2.05) is 19.2 Å². The second-order valence-electron chi connectivity index (χ2n) is 8.53. The quantitative estimate of drug-likeness (QED) is 0.346. The molecular formula is C22H38IN5O. The molecule has 0 spiro atoms. The van der Waals surface area contributed by atoms with Gasteiger partial charge < -0.3 is 20.3 Å². The molecular weight excluding hydrogens is 477 g/mol. The van der Waals surface area contributed by atoms with Crippen LogP contribution in [0.25, 0.3) is 0 Å². The van der Waals surface area contributed by atoms with Crippen LogP contribution < -0.4 is 20.3 Å². The van der Waals surface area contributed by atoms with Crippen molar-refractivity contribution in [1.82, 2.24) is 15.5 Å². The highest BCUT2D eigenvalue weighted by molar-refractivity contribution is 14.0. The molecule has 1 aromatic rings. The van der Waals surface area contributed by atoms with E-state index < -0.39 is 0 Å². The first kappa shape index (κ1) is 24.1. The number of methoxy groups -OCH3 is 1. The van der Waals surface area contributed by atoms with Gasteiger partial charge in [0.2, 0.25) is 0 Å². The molecule has 1 atom stereocenters. The topological polar surface area (TPSA) is 52.1 Å². The predicted molar refractivity (Wildman–Crippen MR) is 133 cm³/mol. The summed E-state index contributed by atoms with van der Waals surface area (Å²) in [5.74, 6) is 1.84. The highest BCUT2D eigenvalue weighted by Gasteiger charge is 2.29. The molecule has 2 fully saturated rings. The Bertz CT molecular complexity index is 660. The maximum Gasteiger partial charge on any atom is 0.191 e. The van der Waals surface area contributed by atoms with Gasteiger partial charge in [-0.25, -0.2) is 0 Å². The molecule has 2 saturated heterocycles. The number of nitrogens with one attached hydrogen (secondary N) is 2. The third-order valence-electron chi connectivity index (χ3n) is 6.08. The van der Waals surface area contributed by atoms with Crippen LogP contribution in [-0.2, 0) is 0 Å². The van der Waals surface area contributed by atoms with E-state index in [0.29, 0.717) is 6.04 Å². The summed E-state index contributed by atoms with van der Waals surface area (Å²) >= 11 is 0. The van der Waals surface area contributed by atoms with Crippen LogP contribution in [0.1, 0.15) is 39.5 Å². The molecule has 0 aromatic heterocycles. The summed E-state index contributed by atoms with van der Waals surface area (Å²) in [4.78, 5) is 9.46. The third kappa shape index (κ3) is 6.38. The molecule has 1 aromatic carbocycles. The molecule has 2 aliphatic heterocycles. The normalized spacial score (nSPS) is 20.9. The lowest BCUT2D eigenvalue weighted by Gasteiger charge is -2.41. The van der Waals surface area contributed by atoms with Crippen LogP contribution in [-0.4, -0.2) is 69.3 Å². The van der Waals surface area contributed by atoms with Gasteiger partial charge in [-0.3, -0.25) is 9.89 Å². The zero-order valence-corrected chi connectivity index (χ0v) is 20.7. The first-order valence-corrected chi connectivity index (χ1v) is 10.6. The number of guanidine groups is 1. The Kier molecular flexibility index (Phi) is 9.33. The van der Waals surface area contributed by atoms with Gasteiger partial charge in [-0.2, -0.15) is 0 Å². The van der Waals surface area contributed by atoms with Crippen molar-refractivity contribution in [2.45, 2.75) is 51.1 Å². The Hall–Kier alpha value is -1.22. The van der Waals surface area contributed by atoms with Gasteiger partial charge in [-0.1, -0.05) is 18.6 Å². The minimum Gasteiger partial charge on any atom is -0.495 e. The molecule has 0 aliphatic carbocycles. The molecule has 164 valence electrons. The van der Waals surface area contributed by atoms with Gasteiger partial charge in [0.05, 0.1) is 12.8 Å². The monoisotopic (exact) mass is 515 g/mol. The van der Waals surface area contributed by atoms with Gasteiger partial charge in [-0.15, -0.1) is 24.0 Å². The van der Waals surface area contributed by atoms with E-state index in [4.69, 9.17) is 4.74 Å². The molecule has 0 saturated carbocycles. The van der Waals surface area contributed by atoms with Crippen LogP contribution in [0.2, 0.25) is 0 Å². The number of anilines is 1. The number of ether oxygens (including phenoxy) is 1. The summed E-state index contributed by atoms with van der Waals surface area (Å²) in [6.45, 7) is 9.95. The molecule has 3 rings (SSSR count). The second kappa shape index (κ2) is 11.2. The standard InChI is InChI=1S/C22H37N5O.HI/c1-22(2,27-13-8-5-9-14-27)17-24-21(23-3)25-18-12-15-26(16-18)19-10-6-7-11-20(19)28-4;/h6-7,10-11,18H,5,8-9,12-17H2,1-4H3,(H2,23,24,25);1H. The highest BCUT2D eigenvalue weighted by Crippen LogP contribution is 2.30. The zero-order valence-electron chi connectivity index (χ0n) is 18.4. The van der Waals surface area contributed by atoms with Crippen LogP contribution in [0.5, 0.6) is 5.75 Å². The van der Waals surface area contributed by atoms with Gasteiger partial charge in [0, 0.05) is 38.3 Å². The number of para-hydroxylation sites is 2. The average molecular weight is 515 g/mol. The Morgan fingerprint density at radius 3 is 2.59 bits per heavy atom. The van der Waals surface area contributed by atoms with Gasteiger partial charge in [0.25, 0.3) is 0 Å². The van der Waals surface area contributed by atoms with E-state index in [1.54, 1.807) is 7.11 Å². The summed E-state index contributed by atoms with van der Waals surface area (Å²) < 4.78 is 5.53. The smallest absolute Gasteiger partial charge is 0.191 e. The summed E-state index contributed by atoms with van der Waals surface area (Å²) in [5, 5.41) is 7.18. The van der Waals surface area contributed by atoms with Crippen molar-refractivity contribution >= 4 is 35.6 Å². The number of hydrogen-bond donors (Lipinski definition) is 2. The van der Waals surface area contributed by atoms with Crippen molar-refractivity contribution in [3.05, 3.63) is 24.3 Å². The highest BCUT2D eigenvalue weighted by atomic mass is 127. The number of rotatable bonds is 6. The molecule has 0 bridgehead atoms. The largest absolute Gasteiger partial charge is 0.495 e. The summed E-state index contributed by atoms with van der Waals surface area (Å²) in [6, 6.07) is 8.63. The van der Waals surface area contributed by atoms with E-state index in [-0.39, 0.29) is 29.5 Å². The summed E-state index contributed by atoms with van der Waals surface area (Å²) in [5.41, 5.74) is 1.31. The van der Waals surface area contributed by atoms with E-state index >= 15 is 0 Å². The van der Waals surface area contributed by atoms with Crippen molar-refractivity contribution in [1.29, 1.82) is 0 Å². The minimum absolute atomic E-state index is 0. The Balaban J connectivity index is 0.00000300. The van der Waals surface area contributed by atoms with E-state index in [0.717, 1.165) is 37.8 Å². The number of hydrogen-bond acceptors (Lipinski definition) is 4. The maximum absolute atomic E-state index is 5.53. The average Bonchev–Trinajstić information content (AvgIpc) is 3.20. The third-order valence-corrected chi connectivity index (χ3v) is 6.08. The van der Waals surface area contributed by atoms with Crippen molar-refractivity contribution in [2.75, 3.05) is 51.8 Å². The number of aliphatic imine (C=N–C) groups is 1. The van der Waals surface area contributed by atoms with Gasteiger partial charge in [0.15, 0.2) is 5.96 Å². The number of nitrogens with zero attached hydrogens (tertiary/aromatic N) is 3. The van der Waals surface area contributed by atoms with Crippen LogP contribution in [0.4, 0.5) is 5.69 Å². The number of halogens is 1. The van der Waals surface area contributed by atoms with Crippen molar-refractivity contribution < 1.29 is 4.74 Å². The Morgan fingerprint density at radius 2 is 1.90 bits per heavy atom. The summed E-state index contributed by atoms with van der Waals surface area (Å²) in [6.07, 6.45) is 5.09. The summed E-state index contributed by atoms with van der Waals surface area (Å²) in [7, 11) is 3.59. The Morgan fingerprint density at radius 1 is 1.17 bits per heavy atom. The maximum atomic E-state index is 5.53. The molecule has 7 heteroatoms. The van der Waals surface area contributed by atoms with Gasteiger partial charge in [0.1, 0.15) is 5.75 Å². The Labute approximate surface area is 193 Å². The molecule has 6 nitrogen and oxygen atoms in total. The molecule has 29 heavy (non-hydrogen) atoms. The molecule has 2 aliphatic rings. The number of benzene rings is 1. The van der Waals surface area contributed by atoms with Gasteiger partial charge >= 0.3 is 0 Å². The SMILES string of the molecule is CN=C(NCC(C)(C)N1CCCCC1)NC1CCN(c2ccccc2OC)C1.I. The molecule has 1 unspecified atom stereocenters. The molecule has 0 radical (unpaired) electrons. The number of likely N-dealkylation sites (tertiary alicyclic amines) is 1. The zero-order chi connectivity index (χ0) is 20.0. The van der Waals surface area contributed by atoms with E-state index in [9.17, 15) is 0 Å². The second-order valence-corrected chi connectivity index (χ2v) is 8.53. The van der Waals surface area contributed by atoms with E-state index in [2.05, 4.69) is 51.4 Å². The van der Waals surface area contributed by atoms with Crippen molar-refractivity contribution in [3.8, 4) is 5.75 Å². The predicted octanol–water partition coefficient (Wildman–Crippen LogP) is 3.32. The van der Waals surface area contributed by atoms with Gasteiger partial charge in [-0.05, 0) is 58.3 Å². The minimum atomic E-state index is 0. The molecule has 2 N–H and O–H groups in total. The fraction of sp³-hybridized carbons (Fsp3) is 0.682. The lowest BCUT2D eigenvalue weighted by atomic mass is 9.98. The van der Waals surface area contributed by atoms with Crippen LogP contribution in [0.3, 0.4) is 0 Å². The molecule has 2 heterocycles. The first-order chi connectivity index (χ1) is 13.5. The van der Waals surface area contributed by atoms with Crippen LogP contribution >= 0.6 is 24.0 Å². The fourth-order valence-corrected chi connectivity index (χ4v) is 4.29. The van der Waals surface area contributed by atoms with Crippen LogP contribution in [0.15, 0.2) is 29.3 Å². The van der Waals surface area contributed by atoms with Crippen molar-refractivity contribution in [3.63, 3.8) is 0 Å². The lowest BCUT2D eigenvalue weighted by molar-refractivity contribution is 0.0982. The van der Waals surface area contributed by atoms with E-state index in [1.165, 1.54) is 38.0 Å². The van der Waals surface area contributed by atoms with Crippen LogP contribution in [0, 0.1) is 0 Å². The van der Waals surface area contributed by atoms with Crippen molar-refractivity contribution in [2.24, 2.45) is 4.99 Å². The fourth-order valence-electron chi connectivity index (χ4n) is 4.29. The lowest BCUT2D eigenvalue weighted by Crippen LogP contribution is -2.55. The number of piperidine rings is 1. The molecule has 0 amide bonds.